The summed E-state index contributed by atoms with van der Waals surface area (Å²) >= 11 is 6.60. The summed E-state index contributed by atoms with van der Waals surface area (Å²) in [7, 11) is 0. The zero-order chi connectivity index (χ0) is 22.9. The van der Waals surface area contributed by atoms with Gasteiger partial charge in [0.1, 0.15) is 11.6 Å². The predicted molar refractivity (Wildman–Crippen MR) is 130 cm³/mol. The molecule has 3 rings (SSSR count). The number of amides is 1. The second kappa shape index (κ2) is 8.61. The fourth-order valence-corrected chi connectivity index (χ4v) is 4.56. The van der Waals surface area contributed by atoms with Gasteiger partial charge in [-0.25, -0.2) is 0 Å². The number of nitriles is 1. The maximum Gasteiger partial charge on any atom is 0.266 e. The molecule has 0 aliphatic carbocycles. The molecule has 0 aromatic heterocycles. The molecule has 0 radical (unpaired) electrons. The minimum absolute atomic E-state index is 0.00567. The van der Waals surface area contributed by atoms with Crippen LogP contribution in [-0.4, -0.2) is 18.0 Å². The zero-order valence-corrected chi connectivity index (χ0v) is 19.7. The average Bonchev–Trinajstić information content (AvgIpc) is 2.65. The number of aryl methyl sites for hydroxylation is 2. The van der Waals surface area contributed by atoms with Crippen LogP contribution in [0.1, 0.15) is 49.9 Å². The molecule has 1 aliphatic heterocycles. The lowest BCUT2D eigenvalue weighted by Gasteiger charge is -2.43. The molecule has 0 atom stereocenters. The van der Waals surface area contributed by atoms with Gasteiger partial charge in [-0.1, -0.05) is 23.7 Å². The lowest BCUT2D eigenvalue weighted by Crippen LogP contribution is -2.44. The van der Waals surface area contributed by atoms with Gasteiger partial charge in [-0.2, -0.15) is 5.26 Å². The van der Waals surface area contributed by atoms with Gasteiger partial charge in [0.15, 0.2) is 0 Å². The summed E-state index contributed by atoms with van der Waals surface area (Å²) in [4.78, 5) is 15.1. The molecule has 1 N–H and O–H groups in total. The Morgan fingerprint density at radius 2 is 1.81 bits per heavy atom. The van der Waals surface area contributed by atoms with Gasteiger partial charge in [0.2, 0.25) is 0 Å². The van der Waals surface area contributed by atoms with Crippen molar-refractivity contribution in [3.63, 3.8) is 0 Å². The minimum Gasteiger partial charge on any atom is -0.363 e. The first-order valence-electron chi connectivity index (χ1n) is 10.4. The Bertz CT molecular complexity index is 1130. The van der Waals surface area contributed by atoms with Crippen LogP contribution in [0, 0.1) is 25.2 Å². The van der Waals surface area contributed by atoms with Crippen LogP contribution in [0.3, 0.4) is 0 Å². The highest BCUT2D eigenvalue weighted by Gasteiger charge is 2.30. The van der Waals surface area contributed by atoms with Gasteiger partial charge in [-0.15, -0.1) is 0 Å². The molecular formula is C26H28ClN3O. The van der Waals surface area contributed by atoms with Gasteiger partial charge in [0.05, 0.1) is 5.54 Å². The number of hydrogen-bond acceptors (Lipinski definition) is 3. The number of likely N-dealkylation sites (N-methyl/N-ethyl adjacent to an activating group) is 1. The molecule has 4 nitrogen and oxygen atoms in total. The molecular weight excluding hydrogens is 406 g/mol. The minimum atomic E-state index is -0.454. The SMILES string of the molecule is CCN1c2cc(Cl)c(/C=C(\C#N)C(=O)Nc3cc(C)cc(C)c3)cc2C(C)=CC1(C)C. The highest BCUT2D eigenvalue weighted by Crippen LogP contribution is 2.41. The van der Waals surface area contributed by atoms with Gasteiger partial charge in [0, 0.05) is 28.5 Å². The summed E-state index contributed by atoms with van der Waals surface area (Å²) in [5.41, 5.74) is 6.56. The van der Waals surface area contributed by atoms with Crippen molar-refractivity contribution < 1.29 is 4.79 Å². The summed E-state index contributed by atoms with van der Waals surface area (Å²) in [6, 6.07) is 11.7. The number of rotatable bonds is 4. The largest absolute Gasteiger partial charge is 0.363 e. The van der Waals surface area contributed by atoms with Gasteiger partial charge in [0.25, 0.3) is 5.91 Å². The van der Waals surface area contributed by atoms with Crippen LogP contribution in [0.2, 0.25) is 5.02 Å². The van der Waals surface area contributed by atoms with E-state index in [9.17, 15) is 10.1 Å². The average molecular weight is 434 g/mol. The quantitative estimate of drug-likeness (QED) is 0.440. The lowest BCUT2D eigenvalue weighted by atomic mass is 9.88. The molecule has 0 bridgehead atoms. The molecule has 31 heavy (non-hydrogen) atoms. The summed E-state index contributed by atoms with van der Waals surface area (Å²) in [6.07, 6.45) is 3.79. The van der Waals surface area contributed by atoms with E-state index in [0.717, 1.165) is 34.5 Å². The Balaban J connectivity index is 1.99. The number of carbonyl (C=O) groups excluding carboxylic acids is 1. The molecule has 2 aromatic rings. The number of halogens is 1. The highest BCUT2D eigenvalue weighted by atomic mass is 35.5. The molecule has 0 unspecified atom stereocenters. The first-order chi connectivity index (χ1) is 14.6. The molecule has 0 fully saturated rings. The molecule has 2 aromatic carbocycles. The Morgan fingerprint density at radius 3 is 2.39 bits per heavy atom. The van der Waals surface area contributed by atoms with Crippen molar-refractivity contribution >= 4 is 40.5 Å². The van der Waals surface area contributed by atoms with Gasteiger partial charge in [-0.3, -0.25) is 4.79 Å². The maximum absolute atomic E-state index is 12.8. The second-order valence-corrected chi connectivity index (χ2v) is 9.02. The fourth-order valence-electron chi connectivity index (χ4n) is 4.35. The molecule has 0 saturated heterocycles. The van der Waals surface area contributed by atoms with Crippen LogP contribution in [0.5, 0.6) is 0 Å². The monoisotopic (exact) mass is 433 g/mol. The van der Waals surface area contributed by atoms with Gasteiger partial charge in [-0.05, 0) is 94.1 Å². The molecule has 0 spiro atoms. The van der Waals surface area contributed by atoms with Crippen LogP contribution in [0.4, 0.5) is 11.4 Å². The van der Waals surface area contributed by atoms with Crippen molar-refractivity contribution in [3.8, 4) is 6.07 Å². The summed E-state index contributed by atoms with van der Waals surface area (Å²) < 4.78 is 0. The van der Waals surface area contributed by atoms with Gasteiger partial charge < -0.3 is 10.2 Å². The number of carbonyl (C=O) groups is 1. The Labute approximate surface area is 189 Å². The molecule has 0 saturated carbocycles. The van der Waals surface area contributed by atoms with Gasteiger partial charge >= 0.3 is 0 Å². The fraction of sp³-hybridized carbons (Fsp3) is 0.308. The highest BCUT2D eigenvalue weighted by molar-refractivity contribution is 6.32. The summed E-state index contributed by atoms with van der Waals surface area (Å²) in [5, 5.41) is 13.0. The van der Waals surface area contributed by atoms with E-state index < -0.39 is 5.91 Å². The van der Waals surface area contributed by atoms with Crippen LogP contribution in [-0.2, 0) is 4.79 Å². The van der Waals surface area contributed by atoms with E-state index >= 15 is 0 Å². The Kier molecular flexibility index (Phi) is 6.29. The van der Waals surface area contributed by atoms with Crippen LogP contribution in [0.25, 0.3) is 11.6 Å². The molecule has 1 amide bonds. The van der Waals surface area contributed by atoms with Crippen LogP contribution in [0.15, 0.2) is 42.0 Å². The first-order valence-corrected chi connectivity index (χ1v) is 10.8. The summed E-state index contributed by atoms with van der Waals surface area (Å²) in [6.45, 7) is 13.3. The number of allylic oxidation sites excluding steroid dienone is 1. The lowest BCUT2D eigenvalue weighted by molar-refractivity contribution is -0.112. The van der Waals surface area contributed by atoms with Crippen molar-refractivity contribution in [2.45, 2.75) is 47.1 Å². The maximum atomic E-state index is 12.8. The zero-order valence-electron chi connectivity index (χ0n) is 18.9. The van der Waals surface area contributed by atoms with E-state index in [0.29, 0.717) is 16.3 Å². The van der Waals surface area contributed by atoms with Crippen molar-refractivity contribution in [3.05, 3.63) is 69.3 Å². The van der Waals surface area contributed by atoms with Crippen LogP contribution < -0.4 is 10.2 Å². The molecule has 1 heterocycles. The number of hydrogen-bond donors (Lipinski definition) is 1. The van der Waals surface area contributed by atoms with E-state index in [1.807, 2.05) is 50.2 Å². The second-order valence-electron chi connectivity index (χ2n) is 8.62. The van der Waals surface area contributed by atoms with Crippen molar-refractivity contribution in [1.29, 1.82) is 5.26 Å². The van der Waals surface area contributed by atoms with E-state index in [1.165, 1.54) is 0 Å². The van der Waals surface area contributed by atoms with E-state index in [4.69, 9.17) is 11.6 Å². The number of anilines is 2. The van der Waals surface area contributed by atoms with Crippen molar-refractivity contribution in [1.82, 2.24) is 0 Å². The standard InChI is InChI=1S/C26H28ClN3O/c1-7-30-24-13-23(27)19(12-22(24)18(4)14-26(30,5)6)11-20(15-28)25(31)29-21-9-16(2)8-17(3)10-21/h8-14H,7H2,1-6H3,(H,29,31)/b20-11+. The summed E-state index contributed by atoms with van der Waals surface area (Å²) in [5.74, 6) is -0.454. The third-order valence-corrected chi connectivity index (χ3v) is 5.88. The molecule has 1 aliphatic rings. The van der Waals surface area contributed by atoms with Crippen molar-refractivity contribution in [2.24, 2.45) is 0 Å². The molecule has 5 heteroatoms. The Hall–Kier alpha value is -3.03. The normalized spacial score (nSPS) is 15.1. The predicted octanol–water partition coefficient (Wildman–Crippen LogP) is 6.52. The number of nitrogens with one attached hydrogen (secondary N) is 1. The number of fused-ring (bicyclic) bond motifs is 1. The Morgan fingerprint density at radius 1 is 1.16 bits per heavy atom. The number of nitrogens with zero attached hydrogens (tertiary/aromatic N) is 2. The van der Waals surface area contributed by atoms with Crippen LogP contribution >= 0.6 is 11.6 Å². The van der Waals surface area contributed by atoms with E-state index in [2.05, 4.69) is 44.0 Å². The topological polar surface area (TPSA) is 56.1 Å². The van der Waals surface area contributed by atoms with E-state index in [-0.39, 0.29) is 11.1 Å². The van der Waals surface area contributed by atoms with Crippen molar-refractivity contribution in [2.75, 3.05) is 16.8 Å². The molecule has 160 valence electrons. The smallest absolute Gasteiger partial charge is 0.266 e. The third-order valence-electron chi connectivity index (χ3n) is 5.56. The third kappa shape index (κ3) is 4.68. The van der Waals surface area contributed by atoms with E-state index in [1.54, 1.807) is 6.08 Å². The number of benzene rings is 2. The first kappa shape index (κ1) is 22.7.